The van der Waals surface area contributed by atoms with E-state index in [2.05, 4.69) is 22.3 Å². The van der Waals surface area contributed by atoms with Crippen LogP contribution in [-0.2, 0) is 16.6 Å². The average molecular weight is 424 g/mol. The largest absolute Gasteiger partial charge is 0.315 e. The smallest absolute Gasteiger partial charge is 0.247 e. The van der Waals surface area contributed by atoms with Crippen molar-refractivity contribution in [1.29, 1.82) is 0 Å². The molecule has 3 N–H and O–H groups in total. The molecular weight excluding hydrogens is 401 g/mol. The third-order valence-corrected chi connectivity index (χ3v) is 6.51. The first-order valence-electron chi connectivity index (χ1n) is 7.67. The minimum absolute atomic E-state index is 0. The Kier molecular flexibility index (Phi) is 8.83. The van der Waals surface area contributed by atoms with Crippen LogP contribution in [0.2, 0.25) is 0 Å². The van der Waals surface area contributed by atoms with Crippen molar-refractivity contribution in [2.24, 2.45) is 5.14 Å². The molecule has 25 heavy (non-hydrogen) atoms. The van der Waals surface area contributed by atoms with E-state index in [4.69, 9.17) is 5.14 Å². The van der Waals surface area contributed by atoms with Crippen molar-refractivity contribution in [1.82, 2.24) is 10.2 Å². The summed E-state index contributed by atoms with van der Waals surface area (Å²) in [6, 6.07) is 11.7. The molecule has 0 unspecified atom stereocenters. The lowest BCUT2D eigenvalue weighted by Crippen LogP contribution is -2.27. The van der Waals surface area contributed by atoms with Gasteiger partial charge in [0.05, 0.1) is 0 Å². The zero-order valence-corrected chi connectivity index (χ0v) is 16.9. The van der Waals surface area contributed by atoms with E-state index in [9.17, 15) is 8.42 Å². The van der Waals surface area contributed by atoms with Crippen LogP contribution >= 0.6 is 36.2 Å². The number of primary sulfonamides is 1. The average Bonchev–Trinajstić information content (AvgIpc) is 2.89. The number of hydrogen-bond acceptors (Lipinski definition) is 5. The van der Waals surface area contributed by atoms with Crippen LogP contribution in [0, 0.1) is 0 Å². The molecule has 3 rings (SSSR count). The first-order chi connectivity index (χ1) is 11.0. The summed E-state index contributed by atoms with van der Waals surface area (Å²) >= 11 is 1.21. The van der Waals surface area contributed by atoms with Crippen molar-refractivity contribution in [3.05, 3.63) is 42.0 Å². The predicted molar refractivity (Wildman–Crippen MR) is 108 cm³/mol. The number of nitrogens with one attached hydrogen (secondary N) is 1. The highest BCUT2D eigenvalue weighted by Gasteiger charge is 2.13. The Morgan fingerprint density at radius 2 is 1.76 bits per heavy atom. The van der Waals surface area contributed by atoms with E-state index in [0.717, 1.165) is 43.2 Å². The normalized spacial score (nSPS) is 15.7. The Morgan fingerprint density at radius 1 is 1.04 bits per heavy atom. The Balaban J connectivity index is 0.00000156. The molecule has 0 atom stereocenters. The van der Waals surface area contributed by atoms with Crippen molar-refractivity contribution < 1.29 is 8.42 Å². The van der Waals surface area contributed by atoms with E-state index in [0.29, 0.717) is 0 Å². The monoisotopic (exact) mass is 423 g/mol. The van der Waals surface area contributed by atoms with Gasteiger partial charge in [-0.25, -0.2) is 13.6 Å². The van der Waals surface area contributed by atoms with Gasteiger partial charge in [-0.05, 0) is 42.8 Å². The topological polar surface area (TPSA) is 75.4 Å². The minimum atomic E-state index is -3.61. The molecular formula is C16H23Cl2N3O2S2. The van der Waals surface area contributed by atoms with Crippen molar-refractivity contribution >= 4 is 46.2 Å². The third-order valence-electron chi connectivity index (χ3n) is 3.94. The summed E-state index contributed by atoms with van der Waals surface area (Å²) < 4.78 is 22.9. The molecule has 2 heterocycles. The van der Waals surface area contributed by atoms with Gasteiger partial charge in [0.25, 0.3) is 0 Å². The van der Waals surface area contributed by atoms with Crippen LogP contribution in [0.25, 0.3) is 10.4 Å². The van der Waals surface area contributed by atoms with E-state index >= 15 is 0 Å². The highest BCUT2D eigenvalue weighted by molar-refractivity contribution is 7.91. The Labute approximate surface area is 165 Å². The Bertz CT molecular complexity index is 756. The molecule has 1 fully saturated rings. The van der Waals surface area contributed by atoms with E-state index in [1.165, 1.54) is 23.3 Å². The number of sulfonamides is 1. The van der Waals surface area contributed by atoms with Gasteiger partial charge in [0.15, 0.2) is 0 Å². The zero-order valence-electron chi connectivity index (χ0n) is 13.7. The quantitative estimate of drug-likeness (QED) is 0.792. The summed E-state index contributed by atoms with van der Waals surface area (Å²) in [6.07, 6.45) is 1.18. The van der Waals surface area contributed by atoms with Crippen molar-refractivity contribution in [3.8, 4) is 10.4 Å². The van der Waals surface area contributed by atoms with Gasteiger partial charge in [-0.15, -0.1) is 36.2 Å². The summed E-state index contributed by atoms with van der Waals surface area (Å²) in [5.74, 6) is 0. The maximum atomic E-state index is 11.4. The molecule has 1 saturated heterocycles. The number of hydrogen-bond donors (Lipinski definition) is 2. The lowest BCUT2D eigenvalue weighted by Gasteiger charge is -2.19. The van der Waals surface area contributed by atoms with Crippen LogP contribution in [0.5, 0.6) is 0 Å². The molecule has 1 aliphatic heterocycles. The summed E-state index contributed by atoms with van der Waals surface area (Å²) in [5, 5.41) is 8.57. The Hall–Kier alpha value is -0.670. The summed E-state index contributed by atoms with van der Waals surface area (Å²) in [7, 11) is -3.61. The van der Waals surface area contributed by atoms with Crippen LogP contribution in [0.1, 0.15) is 12.0 Å². The standard InChI is InChI=1S/C16H21N3O2S2.2ClH/c17-23(20,21)16-7-6-15(22-16)14-4-2-13(3-5-14)12-19-10-1-8-18-9-11-19;;/h2-7,18H,1,8-12H2,(H2,17,20,21);2*1H. The maximum Gasteiger partial charge on any atom is 0.247 e. The van der Waals surface area contributed by atoms with Gasteiger partial charge >= 0.3 is 0 Å². The summed E-state index contributed by atoms with van der Waals surface area (Å²) in [5.41, 5.74) is 2.30. The van der Waals surface area contributed by atoms with Gasteiger partial charge < -0.3 is 5.32 Å². The number of halogens is 2. The van der Waals surface area contributed by atoms with Crippen LogP contribution in [0.4, 0.5) is 0 Å². The highest BCUT2D eigenvalue weighted by Crippen LogP contribution is 2.30. The molecule has 0 radical (unpaired) electrons. The number of nitrogens with two attached hydrogens (primary N) is 1. The molecule has 2 aromatic rings. The van der Waals surface area contributed by atoms with Crippen LogP contribution < -0.4 is 10.5 Å². The van der Waals surface area contributed by atoms with Gasteiger partial charge in [-0.3, -0.25) is 4.90 Å². The van der Waals surface area contributed by atoms with Gasteiger partial charge in [0.1, 0.15) is 4.21 Å². The van der Waals surface area contributed by atoms with Gasteiger partial charge in [0.2, 0.25) is 10.0 Å². The molecule has 0 saturated carbocycles. The molecule has 0 bridgehead atoms. The number of benzene rings is 1. The maximum absolute atomic E-state index is 11.4. The predicted octanol–water partition coefficient (Wildman–Crippen LogP) is 2.70. The SMILES string of the molecule is Cl.Cl.NS(=O)(=O)c1ccc(-c2ccc(CN3CCCNCC3)cc2)s1. The second kappa shape index (κ2) is 9.87. The summed E-state index contributed by atoms with van der Waals surface area (Å²) in [6.45, 7) is 5.29. The number of rotatable bonds is 4. The first-order valence-corrected chi connectivity index (χ1v) is 10.0. The first kappa shape index (κ1) is 22.4. The van der Waals surface area contributed by atoms with Crippen LogP contribution in [0.3, 0.4) is 0 Å². The second-order valence-electron chi connectivity index (χ2n) is 5.74. The van der Waals surface area contributed by atoms with Crippen molar-refractivity contribution in [2.75, 3.05) is 26.2 Å². The van der Waals surface area contributed by atoms with Crippen molar-refractivity contribution in [3.63, 3.8) is 0 Å². The molecule has 9 heteroatoms. The number of nitrogens with zero attached hydrogens (tertiary/aromatic N) is 1. The fourth-order valence-corrected chi connectivity index (χ4v) is 4.46. The Morgan fingerprint density at radius 3 is 2.40 bits per heavy atom. The fraction of sp³-hybridized carbons (Fsp3) is 0.375. The zero-order chi connectivity index (χ0) is 16.3. The molecule has 1 aliphatic rings. The number of thiophene rings is 1. The van der Waals surface area contributed by atoms with E-state index in [-0.39, 0.29) is 29.0 Å². The van der Waals surface area contributed by atoms with Crippen molar-refractivity contribution in [2.45, 2.75) is 17.2 Å². The van der Waals surface area contributed by atoms with Gasteiger partial charge in [-0.1, -0.05) is 24.3 Å². The van der Waals surface area contributed by atoms with E-state index in [1.54, 1.807) is 12.1 Å². The lowest BCUT2D eigenvalue weighted by atomic mass is 10.1. The minimum Gasteiger partial charge on any atom is -0.315 e. The molecule has 0 aliphatic carbocycles. The lowest BCUT2D eigenvalue weighted by molar-refractivity contribution is 0.284. The highest BCUT2D eigenvalue weighted by atomic mass is 35.5. The van der Waals surface area contributed by atoms with Gasteiger partial charge in [0, 0.05) is 24.5 Å². The molecule has 1 aromatic carbocycles. The van der Waals surface area contributed by atoms with E-state index < -0.39 is 10.0 Å². The van der Waals surface area contributed by atoms with Crippen LogP contribution in [0.15, 0.2) is 40.6 Å². The van der Waals surface area contributed by atoms with E-state index in [1.807, 2.05) is 12.1 Å². The molecule has 140 valence electrons. The fourth-order valence-electron chi connectivity index (χ4n) is 2.72. The summed E-state index contributed by atoms with van der Waals surface area (Å²) in [4.78, 5) is 3.37. The third kappa shape index (κ3) is 6.21. The molecule has 0 amide bonds. The van der Waals surface area contributed by atoms with Crippen LogP contribution in [-0.4, -0.2) is 39.5 Å². The molecule has 5 nitrogen and oxygen atoms in total. The molecule has 1 aromatic heterocycles. The van der Waals surface area contributed by atoms with Gasteiger partial charge in [-0.2, -0.15) is 0 Å². The molecule has 0 spiro atoms. The second-order valence-corrected chi connectivity index (χ2v) is 8.61.